The summed E-state index contributed by atoms with van der Waals surface area (Å²) in [6.07, 6.45) is 6.16. The fraction of sp³-hybridized carbons (Fsp3) is 0.455. The Hall–Kier alpha value is -3.11. The molecule has 0 saturated carbocycles. The molecule has 0 bridgehead atoms. The molecule has 11 heteroatoms. The summed E-state index contributed by atoms with van der Waals surface area (Å²) in [5, 5.41) is 6.44. The van der Waals surface area contributed by atoms with E-state index in [1.807, 2.05) is 13.1 Å². The summed E-state index contributed by atoms with van der Waals surface area (Å²) in [6.45, 7) is 9.65. The first-order valence-corrected chi connectivity index (χ1v) is 10.8. The first-order valence-electron chi connectivity index (χ1n) is 10.8. The van der Waals surface area contributed by atoms with Gasteiger partial charge in [-0.3, -0.25) is 14.6 Å². The van der Waals surface area contributed by atoms with Gasteiger partial charge in [0.25, 0.3) is 5.88 Å². The molecule has 2 amide bonds. The quantitative estimate of drug-likeness (QED) is 0.604. The van der Waals surface area contributed by atoms with E-state index < -0.39 is 0 Å². The molecule has 0 aliphatic carbocycles. The highest BCUT2D eigenvalue weighted by molar-refractivity contribution is 6.02. The number of imidazole rings is 1. The maximum atomic E-state index is 13.2. The molecule has 0 spiro atoms. The molecular weight excluding hydrogens is 444 g/mol. The van der Waals surface area contributed by atoms with Crippen molar-refractivity contribution in [1.82, 2.24) is 24.7 Å². The number of nitrogens with one attached hydrogen (secondary N) is 2. The van der Waals surface area contributed by atoms with Crippen LogP contribution in [-0.4, -0.2) is 64.2 Å². The Balaban J connectivity index is 0.00000259. The average molecular weight is 473 g/mol. The molecule has 10 nitrogen and oxygen atoms in total. The van der Waals surface area contributed by atoms with Gasteiger partial charge in [0, 0.05) is 55.4 Å². The van der Waals surface area contributed by atoms with E-state index in [4.69, 9.17) is 4.74 Å². The number of hydrogen-bond donors (Lipinski definition) is 2. The molecule has 0 atom stereocenters. The molecule has 1 saturated heterocycles. The van der Waals surface area contributed by atoms with E-state index in [0.717, 1.165) is 43.0 Å². The van der Waals surface area contributed by atoms with Gasteiger partial charge >= 0.3 is 6.03 Å². The number of carbonyl (C=O) groups excluding carboxylic acids is 1. The van der Waals surface area contributed by atoms with Crippen LogP contribution in [0.4, 0.5) is 22.1 Å². The summed E-state index contributed by atoms with van der Waals surface area (Å²) in [4.78, 5) is 30.6. The fourth-order valence-electron chi connectivity index (χ4n) is 4.58. The van der Waals surface area contributed by atoms with Gasteiger partial charge in [-0.25, -0.2) is 14.8 Å². The Morgan fingerprint density at radius 2 is 2.06 bits per heavy atom. The SMILES string of the molecule is COc1nc(NC(=O)N2CCc3c(N4CCNC(C)(C)C4)ccnc32)cn2cc(C)nc12.Cl. The molecular formula is C22H29ClN8O2. The number of urea groups is 1. The molecule has 176 valence electrons. The lowest BCUT2D eigenvalue weighted by Crippen LogP contribution is -2.57. The first kappa shape index (κ1) is 23.1. The maximum absolute atomic E-state index is 13.2. The van der Waals surface area contributed by atoms with Gasteiger partial charge in [0.1, 0.15) is 5.82 Å². The van der Waals surface area contributed by atoms with E-state index in [-0.39, 0.29) is 24.0 Å². The van der Waals surface area contributed by atoms with Crippen LogP contribution < -0.4 is 25.2 Å². The van der Waals surface area contributed by atoms with Crippen molar-refractivity contribution in [1.29, 1.82) is 0 Å². The molecule has 0 unspecified atom stereocenters. The fourth-order valence-corrected chi connectivity index (χ4v) is 4.58. The zero-order valence-electron chi connectivity index (χ0n) is 19.3. The van der Waals surface area contributed by atoms with E-state index in [1.54, 1.807) is 21.7 Å². The number of pyridine rings is 1. The van der Waals surface area contributed by atoms with Crippen molar-refractivity contribution in [3.63, 3.8) is 0 Å². The van der Waals surface area contributed by atoms with Crippen molar-refractivity contribution in [3.05, 3.63) is 35.9 Å². The van der Waals surface area contributed by atoms with Crippen LogP contribution in [0.25, 0.3) is 5.65 Å². The number of hydrogen-bond acceptors (Lipinski definition) is 7. The third-order valence-electron chi connectivity index (χ3n) is 5.96. The molecule has 3 aromatic rings. The number of ether oxygens (including phenoxy) is 1. The molecule has 0 radical (unpaired) electrons. The van der Waals surface area contributed by atoms with Crippen LogP contribution in [0.15, 0.2) is 24.7 Å². The van der Waals surface area contributed by atoms with E-state index >= 15 is 0 Å². The van der Waals surface area contributed by atoms with Gasteiger partial charge in [0.15, 0.2) is 5.82 Å². The van der Waals surface area contributed by atoms with E-state index in [0.29, 0.717) is 29.7 Å². The third kappa shape index (κ3) is 4.28. The highest BCUT2D eigenvalue weighted by Gasteiger charge is 2.32. The number of piperazine rings is 1. The molecule has 1 fully saturated rings. The second-order valence-corrected chi connectivity index (χ2v) is 8.94. The number of fused-ring (bicyclic) bond motifs is 2. The predicted molar refractivity (Wildman–Crippen MR) is 130 cm³/mol. The van der Waals surface area contributed by atoms with Crippen LogP contribution in [-0.2, 0) is 6.42 Å². The zero-order valence-corrected chi connectivity index (χ0v) is 20.1. The number of amides is 2. The lowest BCUT2D eigenvalue weighted by molar-refractivity contribution is 0.257. The molecule has 5 heterocycles. The minimum Gasteiger partial charge on any atom is -0.478 e. The summed E-state index contributed by atoms with van der Waals surface area (Å²) in [5.41, 5.74) is 3.77. The second-order valence-electron chi connectivity index (χ2n) is 8.94. The lowest BCUT2D eigenvalue weighted by atomic mass is 10.0. The number of halogens is 1. The topological polar surface area (TPSA) is 99.9 Å². The third-order valence-corrected chi connectivity index (χ3v) is 5.96. The number of aryl methyl sites for hydroxylation is 1. The Morgan fingerprint density at radius 3 is 2.82 bits per heavy atom. The highest BCUT2D eigenvalue weighted by Crippen LogP contribution is 2.35. The Morgan fingerprint density at radius 1 is 1.24 bits per heavy atom. The van der Waals surface area contributed by atoms with Gasteiger partial charge in [-0.15, -0.1) is 12.4 Å². The van der Waals surface area contributed by atoms with Gasteiger partial charge < -0.3 is 15.0 Å². The van der Waals surface area contributed by atoms with Crippen molar-refractivity contribution in [2.24, 2.45) is 0 Å². The number of rotatable bonds is 3. The van der Waals surface area contributed by atoms with Crippen molar-refractivity contribution >= 4 is 41.4 Å². The minimum absolute atomic E-state index is 0. The van der Waals surface area contributed by atoms with Gasteiger partial charge in [0.05, 0.1) is 19.0 Å². The summed E-state index contributed by atoms with van der Waals surface area (Å²) >= 11 is 0. The number of nitrogens with zero attached hydrogens (tertiary/aromatic N) is 6. The van der Waals surface area contributed by atoms with E-state index in [9.17, 15) is 4.79 Å². The molecule has 2 aliphatic heterocycles. The summed E-state index contributed by atoms with van der Waals surface area (Å²) in [6, 6.07) is 1.79. The van der Waals surface area contributed by atoms with Gasteiger partial charge in [-0.1, -0.05) is 0 Å². The van der Waals surface area contributed by atoms with Crippen LogP contribution in [0.5, 0.6) is 5.88 Å². The van der Waals surface area contributed by atoms with Crippen LogP contribution in [0.1, 0.15) is 25.1 Å². The smallest absolute Gasteiger partial charge is 0.328 e. The number of methoxy groups -OCH3 is 1. The summed E-state index contributed by atoms with van der Waals surface area (Å²) < 4.78 is 7.16. The monoisotopic (exact) mass is 472 g/mol. The molecule has 0 aromatic carbocycles. The van der Waals surface area contributed by atoms with Crippen molar-refractivity contribution in [2.45, 2.75) is 32.7 Å². The lowest BCUT2D eigenvalue weighted by Gasteiger charge is -2.41. The van der Waals surface area contributed by atoms with Crippen LogP contribution in [0.2, 0.25) is 0 Å². The van der Waals surface area contributed by atoms with Crippen molar-refractivity contribution < 1.29 is 9.53 Å². The number of anilines is 3. The predicted octanol–water partition coefficient (Wildman–Crippen LogP) is 2.65. The molecule has 5 rings (SSSR count). The van der Waals surface area contributed by atoms with Gasteiger partial charge in [-0.2, -0.15) is 4.98 Å². The Bertz CT molecular complexity index is 1190. The largest absolute Gasteiger partial charge is 0.478 e. The van der Waals surface area contributed by atoms with Gasteiger partial charge in [-0.05, 0) is 33.3 Å². The molecule has 2 aliphatic rings. The van der Waals surface area contributed by atoms with E-state index in [2.05, 4.69) is 50.4 Å². The first-order chi connectivity index (χ1) is 15.3. The molecule has 33 heavy (non-hydrogen) atoms. The average Bonchev–Trinajstić information content (AvgIpc) is 3.35. The number of carbonyl (C=O) groups is 1. The molecule has 3 aromatic heterocycles. The Labute approximate surface area is 198 Å². The van der Waals surface area contributed by atoms with Crippen molar-refractivity contribution in [3.8, 4) is 5.88 Å². The molecule has 2 N–H and O–H groups in total. The minimum atomic E-state index is -0.264. The highest BCUT2D eigenvalue weighted by atomic mass is 35.5. The van der Waals surface area contributed by atoms with E-state index in [1.165, 1.54) is 7.11 Å². The summed E-state index contributed by atoms with van der Waals surface area (Å²) in [5.74, 6) is 1.47. The Kier molecular flexibility index (Phi) is 6.06. The van der Waals surface area contributed by atoms with Crippen LogP contribution in [0.3, 0.4) is 0 Å². The van der Waals surface area contributed by atoms with Crippen molar-refractivity contribution in [2.75, 3.05) is 48.4 Å². The van der Waals surface area contributed by atoms with Crippen LogP contribution in [0, 0.1) is 6.92 Å². The van der Waals surface area contributed by atoms with Crippen LogP contribution >= 0.6 is 12.4 Å². The van der Waals surface area contributed by atoms with Gasteiger partial charge in [0.2, 0.25) is 5.65 Å². The standard InChI is InChI=1S/C22H28N8O2.ClH/c1-14-11-29-12-17(26-20(32-4)19(29)25-14)27-21(31)30-9-6-15-16(5-7-23-18(15)30)28-10-8-24-22(2,3)13-28;/h5,7,11-12,24H,6,8-10,13H2,1-4H3,(H,27,31);1H. The summed E-state index contributed by atoms with van der Waals surface area (Å²) in [7, 11) is 1.54. The zero-order chi connectivity index (χ0) is 22.5. The normalized spacial score (nSPS) is 17.0. The number of aromatic nitrogens is 4. The second kappa shape index (κ2) is 8.68. The maximum Gasteiger partial charge on any atom is 0.328 e.